The van der Waals surface area contributed by atoms with Crippen LogP contribution in [0, 0.1) is 6.92 Å². The zero-order valence-corrected chi connectivity index (χ0v) is 13.7. The summed E-state index contributed by atoms with van der Waals surface area (Å²) in [6.45, 7) is 4.77. The maximum absolute atomic E-state index is 9.15. The summed E-state index contributed by atoms with van der Waals surface area (Å²) in [6, 6.07) is 9.81. The van der Waals surface area contributed by atoms with Crippen LogP contribution in [0.4, 0.5) is 0 Å². The molecule has 1 aromatic carbocycles. The lowest BCUT2D eigenvalue weighted by Gasteiger charge is -2.12. The van der Waals surface area contributed by atoms with Crippen LogP contribution >= 0.6 is 11.6 Å². The molecule has 0 aliphatic rings. The predicted octanol–water partition coefficient (Wildman–Crippen LogP) is 0.773. The van der Waals surface area contributed by atoms with Crippen molar-refractivity contribution in [3.63, 3.8) is 0 Å². The monoisotopic (exact) mass is 328 g/mol. The molecule has 2 aromatic rings. The number of aliphatic hydroxyl groups excluding tert-OH is 1. The van der Waals surface area contributed by atoms with E-state index in [-0.39, 0.29) is 25.1 Å². The minimum atomic E-state index is 0. The lowest BCUT2D eigenvalue weighted by Crippen LogP contribution is -3.00. The largest absolute Gasteiger partial charge is 1.00 e. The van der Waals surface area contributed by atoms with Crippen molar-refractivity contribution >= 4 is 11.6 Å². The molecular formula is C16H20Cl2NO2-. The molecule has 0 spiro atoms. The quantitative estimate of drug-likeness (QED) is 0.823. The third kappa shape index (κ3) is 4.48. The summed E-state index contributed by atoms with van der Waals surface area (Å²) in [5.74, 6) is 1.67. The molecule has 0 saturated carbocycles. The van der Waals surface area contributed by atoms with E-state index in [0.29, 0.717) is 6.54 Å². The summed E-state index contributed by atoms with van der Waals surface area (Å²) in [4.78, 5) is 0. The van der Waals surface area contributed by atoms with Gasteiger partial charge >= 0.3 is 0 Å². The maximum Gasteiger partial charge on any atom is 0.134 e. The number of hydrogen-bond donors (Lipinski definition) is 2. The Balaban J connectivity index is 0.00000220. The van der Waals surface area contributed by atoms with Crippen LogP contribution in [0.2, 0.25) is 5.02 Å². The van der Waals surface area contributed by atoms with Crippen molar-refractivity contribution in [2.45, 2.75) is 32.9 Å². The SMILES string of the molecule is CCC(CO)NCc1ccc(-c2cccc(Cl)c2C)o1.[Cl-]. The van der Waals surface area contributed by atoms with Crippen LogP contribution in [0.5, 0.6) is 0 Å². The standard InChI is InChI=1S/C16H20ClNO2.ClH/c1-3-12(10-19)18-9-13-7-8-16(20-13)14-5-4-6-15(17)11(14)2;/h4-8,12,18-19H,3,9-10H2,1-2H3;1H/p-1. The van der Waals surface area contributed by atoms with E-state index >= 15 is 0 Å². The molecule has 0 bridgehead atoms. The van der Waals surface area contributed by atoms with Gasteiger partial charge in [0.1, 0.15) is 11.5 Å². The third-order valence-electron chi connectivity index (χ3n) is 3.47. The molecule has 1 aromatic heterocycles. The highest BCUT2D eigenvalue weighted by atomic mass is 35.5. The Morgan fingerprint density at radius 1 is 1.29 bits per heavy atom. The van der Waals surface area contributed by atoms with E-state index in [1.54, 1.807) is 0 Å². The van der Waals surface area contributed by atoms with E-state index in [1.807, 2.05) is 44.2 Å². The van der Waals surface area contributed by atoms with Gasteiger partial charge in [-0.1, -0.05) is 30.7 Å². The molecule has 116 valence electrons. The molecule has 21 heavy (non-hydrogen) atoms. The summed E-state index contributed by atoms with van der Waals surface area (Å²) < 4.78 is 5.84. The fourth-order valence-electron chi connectivity index (χ4n) is 2.07. The van der Waals surface area contributed by atoms with Gasteiger partial charge in [0, 0.05) is 16.6 Å². The van der Waals surface area contributed by atoms with Crippen molar-refractivity contribution in [3.05, 3.63) is 46.7 Å². The minimum absolute atomic E-state index is 0. The summed E-state index contributed by atoms with van der Waals surface area (Å²) >= 11 is 6.13. The van der Waals surface area contributed by atoms with Gasteiger partial charge in [0.15, 0.2) is 0 Å². The van der Waals surface area contributed by atoms with Crippen LogP contribution < -0.4 is 17.7 Å². The van der Waals surface area contributed by atoms with Gasteiger partial charge < -0.3 is 27.2 Å². The van der Waals surface area contributed by atoms with Gasteiger partial charge in [0.25, 0.3) is 0 Å². The van der Waals surface area contributed by atoms with Gasteiger partial charge in [-0.3, -0.25) is 0 Å². The fourth-order valence-corrected chi connectivity index (χ4v) is 2.25. The summed E-state index contributed by atoms with van der Waals surface area (Å²) in [7, 11) is 0. The molecule has 0 amide bonds. The average Bonchev–Trinajstić information content (AvgIpc) is 2.92. The maximum atomic E-state index is 9.15. The molecule has 3 nitrogen and oxygen atoms in total. The molecule has 0 aliphatic heterocycles. The molecule has 0 radical (unpaired) electrons. The van der Waals surface area contributed by atoms with Crippen molar-refractivity contribution in [3.8, 4) is 11.3 Å². The third-order valence-corrected chi connectivity index (χ3v) is 3.88. The molecule has 0 saturated heterocycles. The van der Waals surface area contributed by atoms with Gasteiger partial charge in [0.2, 0.25) is 0 Å². The summed E-state index contributed by atoms with van der Waals surface area (Å²) in [5.41, 5.74) is 2.03. The number of furan rings is 1. The van der Waals surface area contributed by atoms with Gasteiger partial charge in [-0.05, 0) is 37.1 Å². The topological polar surface area (TPSA) is 45.4 Å². The Morgan fingerprint density at radius 2 is 2.05 bits per heavy atom. The second-order valence-corrected chi connectivity index (χ2v) is 5.25. The second-order valence-electron chi connectivity index (χ2n) is 4.85. The van der Waals surface area contributed by atoms with E-state index < -0.39 is 0 Å². The predicted molar refractivity (Wildman–Crippen MR) is 81.9 cm³/mol. The molecule has 2 N–H and O–H groups in total. The van der Waals surface area contributed by atoms with Gasteiger partial charge in [0.05, 0.1) is 13.2 Å². The molecule has 2 rings (SSSR count). The van der Waals surface area contributed by atoms with Crippen molar-refractivity contribution in [1.29, 1.82) is 0 Å². The Morgan fingerprint density at radius 3 is 2.71 bits per heavy atom. The number of nitrogens with one attached hydrogen (secondary N) is 1. The van der Waals surface area contributed by atoms with Crippen LogP contribution in [-0.2, 0) is 6.54 Å². The Hall–Kier alpha value is -1.000. The van der Waals surface area contributed by atoms with Crippen LogP contribution in [0.3, 0.4) is 0 Å². The molecule has 1 heterocycles. The zero-order chi connectivity index (χ0) is 14.5. The first-order chi connectivity index (χ1) is 9.65. The minimum Gasteiger partial charge on any atom is -1.00 e. The Kier molecular flexibility index (Phi) is 7.26. The van der Waals surface area contributed by atoms with E-state index in [4.69, 9.17) is 21.1 Å². The van der Waals surface area contributed by atoms with E-state index in [2.05, 4.69) is 5.32 Å². The van der Waals surface area contributed by atoms with Gasteiger partial charge in [-0.2, -0.15) is 0 Å². The molecule has 0 aliphatic carbocycles. The zero-order valence-electron chi connectivity index (χ0n) is 12.2. The van der Waals surface area contributed by atoms with Crippen LogP contribution in [0.15, 0.2) is 34.7 Å². The lowest BCUT2D eigenvalue weighted by molar-refractivity contribution is -0.00000570. The number of halogens is 2. The molecule has 1 atom stereocenters. The van der Waals surface area contributed by atoms with E-state index in [1.165, 1.54) is 0 Å². The number of aliphatic hydroxyl groups is 1. The highest BCUT2D eigenvalue weighted by molar-refractivity contribution is 6.31. The Bertz CT molecular complexity index is 565. The number of hydrogen-bond acceptors (Lipinski definition) is 3. The number of benzene rings is 1. The molecule has 5 heteroatoms. The first-order valence-electron chi connectivity index (χ1n) is 6.84. The van der Waals surface area contributed by atoms with Crippen LogP contribution in [-0.4, -0.2) is 17.8 Å². The highest BCUT2D eigenvalue weighted by Gasteiger charge is 2.10. The average molecular weight is 329 g/mol. The first kappa shape index (κ1) is 18.1. The van der Waals surface area contributed by atoms with Crippen LogP contribution in [0.25, 0.3) is 11.3 Å². The summed E-state index contributed by atoms with van der Waals surface area (Å²) in [5, 5.41) is 13.1. The summed E-state index contributed by atoms with van der Waals surface area (Å²) in [6.07, 6.45) is 0.886. The fraction of sp³-hybridized carbons (Fsp3) is 0.375. The smallest absolute Gasteiger partial charge is 0.134 e. The van der Waals surface area contributed by atoms with Crippen molar-refractivity contribution in [2.24, 2.45) is 0 Å². The molecule has 1 unspecified atom stereocenters. The van der Waals surface area contributed by atoms with Crippen LogP contribution in [0.1, 0.15) is 24.7 Å². The Labute approximate surface area is 136 Å². The van der Waals surface area contributed by atoms with Gasteiger partial charge in [-0.15, -0.1) is 0 Å². The highest BCUT2D eigenvalue weighted by Crippen LogP contribution is 2.29. The normalized spacial score (nSPS) is 12.0. The first-order valence-corrected chi connectivity index (χ1v) is 7.22. The van der Waals surface area contributed by atoms with Gasteiger partial charge in [-0.25, -0.2) is 0 Å². The van der Waals surface area contributed by atoms with Crippen molar-refractivity contribution < 1.29 is 21.9 Å². The van der Waals surface area contributed by atoms with E-state index in [0.717, 1.165) is 34.1 Å². The van der Waals surface area contributed by atoms with E-state index in [9.17, 15) is 0 Å². The van der Waals surface area contributed by atoms with Crippen molar-refractivity contribution in [2.75, 3.05) is 6.61 Å². The molecular weight excluding hydrogens is 309 g/mol. The lowest BCUT2D eigenvalue weighted by atomic mass is 10.1. The van der Waals surface area contributed by atoms with Crippen molar-refractivity contribution in [1.82, 2.24) is 5.32 Å². The number of rotatable bonds is 6. The molecule has 0 fully saturated rings. The second kappa shape index (κ2) is 8.44.